The van der Waals surface area contributed by atoms with E-state index in [0.717, 1.165) is 23.9 Å². The highest BCUT2D eigenvalue weighted by Crippen LogP contribution is 2.32. The van der Waals surface area contributed by atoms with Gasteiger partial charge in [0.05, 0.1) is 12.6 Å². The Kier molecular flexibility index (Phi) is 4.18. The smallest absolute Gasteiger partial charge is 0.237 e. The molecular formula is C13H17BrN2O. The second-order valence-electron chi connectivity index (χ2n) is 4.33. The Morgan fingerprint density at radius 3 is 3.12 bits per heavy atom. The lowest BCUT2D eigenvalue weighted by atomic mass is 10.0. The molecule has 0 aromatic heterocycles. The summed E-state index contributed by atoms with van der Waals surface area (Å²) in [7, 11) is 1.81. The van der Waals surface area contributed by atoms with Gasteiger partial charge in [0.25, 0.3) is 0 Å². The second kappa shape index (κ2) is 5.65. The first kappa shape index (κ1) is 12.6. The van der Waals surface area contributed by atoms with E-state index in [1.54, 1.807) is 0 Å². The molecule has 1 heterocycles. The van der Waals surface area contributed by atoms with Crippen LogP contribution < -0.4 is 5.32 Å². The van der Waals surface area contributed by atoms with Crippen molar-refractivity contribution in [2.24, 2.45) is 0 Å². The van der Waals surface area contributed by atoms with Gasteiger partial charge in [-0.1, -0.05) is 28.1 Å². The standard InChI is InChI=1S/C13H17BrN2O/c1-15-9-13(17)16-7-3-6-12(16)10-4-2-5-11(14)8-10/h2,4-5,8,12,15H,3,6-7,9H2,1H3. The molecule has 1 unspecified atom stereocenters. The van der Waals surface area contributed by atoms with Crippen LogP contribution >= 0.6 is 15.9 Å². The first-order chi connectivity index (χ1) is 8.22. The summed E-state index contributed by atoms with van der Waals surface area (Å²) in [5.41, 5.74) is 1.22. The molecule has 92 valence electrons. The third kappa shape index (κ3) is 2.87. The van der Waals surface area contributed by atoms with E-state index in [-0.39, 0.29) is 11.9 Å². The average Bonchev–Trinajstić information content (AvgIpc) is 2.78. The molecule has 0 aliphatic carbocycles. The summed E-state index contributed by atoms with van der Waals surface area (Å²) in [6.45, 7) is 1.29. The molecule has 17 heavy (non-hydrogen) atoms. The molecule has 0 bridgehead atoms. The average molecular weight is 297 g/mol. The van der Waals surface area contributed by atoms with E-state index in [9.17, 15) is 4.79 Å². The Morgan fingerprint density at radius 2 is 2.41 bits per heavy atom. The Labute approximate surface area is 110 Å². The molecule has 1 amide bonds. The lowest BCUT2D eigenvalue weighted by Crippen LogP contribution is -2.36. The number of hydrogen-bond acceptors (Lipinski definition) is 2. The van der Waals surface area contributed by atoms with Crippen molar-refractivity contribution in [1.82, 2.24) is 10.2 Å². The quantitative estimate of drug-likeness (QED) is 0.928. The highest BCUT2D eigenvalue weighted by Gasteiger charge is 2.29. The molecule has 2 rings (SSSR count). The Bertz CT molecular complexity index is 408. The van der Waals surface area contributed by atoms with Gasteiger partial charge in [0.1, 0.15) is 0 Å². The fourth-order valence-corrected chi connectivity index (χ4v) is 2.80. The number of likely N-dealkylation sites (tertiary alicyclic amines) is 1. The van der Waals surface area contributed by atoms with E-state index >= 15 is 0 Å². The summed E-state index contributed by atoms with van der Waals surface area (Å²) in [5, 5.41) is 2.93. The molecule has 1 fully saturated rings. The number of carbonyl (C=O) groups is 1. The number of rotatable bonds is 3. The molecule has 1 saturated heterocycles. The zero-order chi connectivity index (χ0) is 12.3. The molecule has 1 aromatic rings. The molecule has 1 aromatic carbocycles. The van der Waals surface area contributed by atoms with Crippen LogP contribution in [0.15, 0.2) is 28.7 Å². The molecule has 1 atom stereocenters. The van der Waals surface area contributed by atoms with Crippen LogP contribution in [0, 0.1) is 0 Å². The molecule has 1 N–H and O–H groups in total. The van der Waals surface area contributed by atoms with Crippen LogP contribution in [0.1, 0.15) is 24.4 Å². The van der Waals surface area contributed by atoms with E-state index in [0.29, 0.717) is 6.54 Å². The van der Waals surface area contributed by atoms with Gasteiger partial charge in [-0.15, -0.1) is 0 Å². The molecule has 0 radical (unpaired) electrons. The number of nitrogens with zero attached hydrogens (tertiary/aromatic N) is 1. The topological polar surface area (TPSA) is 32.3 Å². The molecule has 1 aliphatic rings. The first-order valence-corrected chi connectivity index (χ1v) is 6.71. The maximum absolute atomic E-state index is 12.0. The van der Waals surface area contributed by atoms with Gasteiger partial charge in [-0.05, 0) is 37.6 Å². The van der Waals surface area contributed by atoms with Crippen LogP contribution in [0.25, 0.3) is 0 Å². The second-order valence-corrected chi connectivity index (χ2v) is 5.25. The van der Waals surface area contributed by atoms with E-state index < -0.39 is 0 Å². The number of halogens is 1. The monoisotopic (exact) mass is 296 g/mol. The van der Waals surface area contributed by atoms with Crippen LogP contribution in [0.3, 0.4) is 0 Å². The fourth-order valence-electron chi connectivity index (χ4n) is 2.38. The highest BCUT2D eigenvalue weighted by atomic mass is 79.9. The maximum Gasteiger partial charge on any atom is 0.237 e. The van der Waals surface area contributed by atoms with Gasteiger partial charge >= 0.3 is 0 Å². The van der Waals surface area contributed by atoms with Crippen molar-refractivity contribution < 1.29 is 4.79 Å². The van der Waals surface area contributed by atoms with Crippen LogP contribution in [0.4, 0.5) is 0 Å². The predicted molar refractivity (Wildman–Crippen MR) is 71.8 cm³/mol. The minimum absolute atomic E-state index is 0.190. The molecular weight excluding hydrogens is 280 g/mol. The largest absolute Gasteiger partial charge is 0.335 e. The summed E-state index contributed by atoms with van der Waals surface area (Å²) in [5.74, 6) is 0.190. The maximum atomic E-state index is 12.0. The predicted octanol–water partition coefficient (Wildman–Crippen LogP) is 2.33. The molecule has 4 heteroatoms. The Hall–Kier alpha value is -0.870. The van der Waals surface area contributed by atoms with E-state index in [1.807, 2.05) is 24.1 Å². The summed E-state index contributed by atoms with van der Waals surface area (Å²) < 4.78 is 1.07. The molecule has 3 nitrogen and oxygen atoms in total. The van der Waals surface area contributed by atoms with Crippen LogP contribution in [-0.2, 0) is 4.79 Å². The number of nitrogens with one attached hydrogen (secondary N) is 1. The lowest BCUT2D eigenvalue weighted by Gasteiger charge is -2.25. The van der Waals surface area contributed by atoms with Crippen molar-refractivity contribution in [3.8, 4) is 0 Å². The van der Waals surface area contributed by atoms with Gasteiger partial charge in [-0.3, -0.25) is 4.79 Å². The van der Waals surface area contributed by atoms with Crippen LogP contribution in [0.5, 0.6) is 0 Å². The Morgan fingerprint density at radius 1 is 1.59 bits per heavy atom. The number of likely N-dealkylation sites (N-methyl/N-ethyl adjacent to an activating group) is 1. The summed E-state index contributed by atoms with van der Waals surface area (Å²) in [6, 6.07) is 8.49. The number of carbonyl (C=O) groups excluding carboxylic acids is 1. The lowest BCUT2D eigenvalue weighted by molar-refractivity contribution is -0.131. The number of hydrogen-bond donors (Lipinski definition) is 1. The molecule has 0 saturated carbocycles. The number of benzene rings is 1. The van der Waals surface area contributed by atoms with Crippen molar-refractivity contribution in [2.75, 3.05) is 20.1 Å². The van der Waals surface area contributed by atoms with E-state index in [4.69, 9.17) is 0 Å². The van der Waals surface area contributed by atoms with Gasteiger partial charge in [-0.2, -0.15) is 0 Å². The van der Waals surface area contributed by atoms with Crippen molar-refractivity contribution in [3.05, 3.63) is 34.3 Å². The van der Waals surface area contributed by atoms with Gasteiger partial charge in [-0.25, -0.2) is 0 Å². The molecule has 1 aliphatic heterocycles. The van der Waals surface area contributed by atoms with E-state index in [1.165, 1.54) is 5.56 Å². The van der Waals surface area contributed by atoms with Crippen molar-refractivity contribution in [1.29, 1.82) is 0 Å². The zero-order valence-corrected chi connectivity index (χ0v) is 11.5. The summed E-state index contributed by atoms with van der Waals surface area (Å²) in [6.07, 6.45) is 2.15. The van der Waals surface area contributed by atoms with Gasteiger partial charge in [0.15, 0.2) is 0 Å². The van der Waals surface area contributed by atoms with Gasteiger partial charge in [0.2, 0.25) is 5.91 Å². The number of amides is 1. The van der Waals surface area contributed by atoms with Gasteiger partial charge < -0.3 is 10.2 Å². The minimum Gasteiger partial charge on any atom is -0.335 e. The minimum atomic E-state index is 0.190. The van der Waals surface area contributed by atoms with E-state index in [2.05, 4.69) is 33.4 Å². The third-order valence-corrected chi connectivity index (χ3v) is 3.63. The van der Waals surface area contributed by atoms with Crippen molar-refractivity contribution >= 4 is 21.8 Å². The normalized spacial score (nSPS) is 19.6. The Balaban J connectivity index is 2.17. The fraction of sp³-hybridized carbons (Fsp3) is 0.462. The summed E-state index contributed by atoms with van der Waals surface area (Å²) >= 11 is 3.48. The third-order valence-electron chi connectivity index (χ3n) is 3.13. The first-order valence-electron chi connectivity index (χ1n) is 5.92. The van der Waals surface area contributed by atoms with Gasteiger partial charge in [0, 0.05) is 11.0 Å². The van der Waals surface area contributed by atoms with Crippen LogP contribution in [0.2, 0.25) is 0 Å². The van der Waals surface area contributed by atoms with Crippen LogP contribution in [-0.4, -0.2) is 30.9 Å². The van der Waals surface area contributed by atoms with Crippen molar-refractivity contribution in [2.45, 2.75) is 18.9 Å². The molecule has 0 spiro atoms. The SMILES string of the molecule is CNCC(=O)N1CCCC1c1cccc(Br)c1. The highest BCUT2D eigenvalue weighted by molar-refractivity contribution is 9.10. The van der Waals surface area contributed by atoms with Crippen molar-refractivity contribution in [3.63, 3.8) is 0 Å². The zero-order valence-electron chi connectivity index (χ0n) is 9.95. The summed E-state index contributed by atoms with van der Waals surface area (Å²) in [4.78, 5) is 14.0.